The third-order valence-electron chi connectivity index (χ3n) is 2.88. The van der Waals surface area contributed by atoms with Gasteiger partial charge in [0.2, 0.25) is 5.91 Å². The van der Waals surface area contributed by atoms with Crippen molar-refractivity contribution in [1.29, 1.82) is 0 Å². The van der Waals surface area contributed by atoms with E-state index in [0.717, 1.165) is 27.0 Å². The van der Waals surface area contributed by atoms with Crippen molar-refractivity contribution < 1.29 is 4.79 Å². The molecule has 22 heavy (non-hydrogen) atoms. The molecule has 0 bridgehead atoms. The molecule has 114 valence electrons. The van der Waals surface area contributed by atoms with E-state index in [9.17, 15) is 4.79 Å². The lowest BCUT2D eigenvalue weighted by Gasteiger charge is -2.13. The highest BCUT2D eigenvalue weighted by Crippen LogP contribution is 2.34. The fraction of sp³-hybridized carbons (Fsp3) is 0.312. The maximum atomic E-state index is 12.4. The van der Waals surface area contributed by atoms with Gasteiger partial charge in [-0.2, -0.15) is 11.8 Å². The topological polar surface area (TPSA) is 46.1 Å². The zero-order valence-electron chi connectivity index (χ0n) is 12.8. The van der Waals surface area contributed by atoms with Crippen LogP contribution < -0.4 is 4.90 Å². The SMILES string of the molecule is CC#CN(C(=O)CCSC)c1sc(-c2cccnc2)nc1C. The molecule has 0 unspecified atom stereocenters. The quantitative estimate of drug-likeness (QED) is 0.620. The molecule has 0 aliphatic rings. The Kier molecular flexibility index (Phi) is 5.99. The molecule has 0 N–H and O–H groups in total. The van der Waals surface area contributed by atoms with Gasteiger partial charge in [0.05, 0.1) is 5.69 Å². The van der Waals surface area contributed by atoms with Crippen LogP contribution >= 0.6 is 23.1 Å². The summed E-state index contributed by atoms with van der Waals surface area (Å²) < 4.78 is 0. The van der Waals surface area contributed by atoms with Gasteiger partial charge in [-0.1, -0.05) is 17.3 Å². The van der Waals surface area contributed by atoms with Gasteiger partial charge in [-0.3, -0.25) is 9.78 Å². The first-order valence-electron chi connectivity index (χ1n) is 6.79. The van der Waals surface area contributed by atoms with E-state index in [1.165, 1.54) is 16.2 Å². The van der Waals surface area contributed by atoms with Crippen molar-refractivity contribution in [2.45, 2.75) is 20.3 Å². The number of aromatic nitrogens is 2. The standard InChI is InChI=1S/C16H17N3OS2/c1-4-9-19(14(20)7-10-21-3)16-12(2)18-15(22-16)13-6-5-8-17-11-13/h5-6,8,11H,7,10H2,1-3H3. The summed E-state index contributed by atoms with van der Waals surface area (Å²) in [6.07, 6.45) is 5.95. The van der Waals surface area contributed by atoms with Crippen LogP contribution in [0.15, 0.2) is 24.5 Å². The van der Waals surface area contributed by atoms with Crippen molar-refractivity contribution in [3.05, 3.63) is 30.2 Å². The molecule has 2 heterocycles. The summed E-state index contributed by atoms with van der Waals surface area (Å²) in [7, 11) is 0. The van der Waals surface area contributed by atoms with Crippen LogP contribution in [0.1, 0.15) is 19.0 Å². The summed E-state index contributed by atoms with van der Waals surface area (Å²) in [6.45, 7) is 3.63. The average Bonchev–Trinajstić information content (AvgIpc) is 2.93. The van der Waals surface area contributed by atoms with Crippen LogP contribution in [0.2, 0.25) is 0 Å². The average molecular weight is 331 g/mol. The van der Waals surface area contributed by atoms with Gasteiger partial charge in [0.25, 0.3) is 0 Å². The second-order valence-electron chi connectivity index (χ2n) is 4.49. The summed E-state index contributed by atoms with van der Waals surface area (Å²) in [4.78, 5) is 22.6. The minimum Gasteiger partial charge on any atom is -0.273 e. The second kappa shape index (κ2) is 7.97. The Labute approximate surface area is 139 Å². The molecule has 0 spiro atoms. The normalized spacial score (nSPS) is 9.95. The number of thiazole rings is 1. The van der Waals surface area contributed by atoms with E-state index in [0.29, 0.717) is 6.42 Å². The van der Waals surface area contributed by atoms with Crippen molar-refractivity contribution >= 4 is 34.0 Å². The first kappa shape index (κ1) is 16.5. The Balaban J connectivity index is 2.34. The molecule has 1 amide bonds. The molecule has 6 heteroatoms. The summed E-state index contributed by atoms with van der Waals surface area (Å²) >= 11 is 3.12. The molecule has 0 fully saturated rings. The van der Waals surface area contributed by atoms with Gasteiger partial charge in [-0.15, -0.1) is 0 Å². The van der Waals surface area contributed by atoms with E-state index < -0.39 is 0 Å². The molecule has 0 aromatic carbocycles. The molecule has 4 nitrogen and oxygen atoms in total. The predicted molar refractivity (Wildman–Crippen MR) is 94.0 cm³/mol. The van der Waals surface area contributed by atoms with Gasteiger partial charge in [-0.05, 0) is 32.2 Å². The van der Waals surface area contributed by atoms with Gasteiger partial charge < -0.3 is 0 Å². The number of carbonyl (C=O) groups is 1. The van der Waals surface area contributed by atoms with Gasteiger partial charge >= 0.3 is 0 Å². The molecule has 2 rings (SSSR count). The number of rotatable bonds is 5. The highest BCUT2D eigenvalue weighted by molar-refractivity contribution is 7.98. The molecule has 0 aliphatic heterocycles. The van der Waals surface area contributed by atoms with E-state index in [1.54, 1.807) is 31.1 Å². The fourth-order valence-corrected chi connectivity index (χ4v) is 3.26. The maximum Gasteiger partial charge on any atom is 0.240 e. The predicted octanol–water partition coefficient (Wildman–Crippen LogP) is 3.58. The number of anilines is 1. The van der Waals surface area contributed by atoms with Gasteiger partial charge in [0.1, 0.15) is 10.0 Å². The van der Waals surface area contributed by atoms with Gasteiger partial charge in [0, 0.05) is 36.2 Å². The van der Waals surface area contributed by atoms with Crippen LogP contribution in [0.25, 0.3) is 10.6 Å². The third kappa shape index (κ3) is 3.87. The van der Waals surface area contributed by atoms with Crippen molar-refractivity contribution in [3.8, 4) is 22.5 Å². The first-order valence-corrected chi connectivity index (χ1v) is 9.00. The van der Waals surface area contributed by atoms with Crippen LogP contribution in [0.5, 0.6) is 0 Å². The van der Waals surface area contributed by atoms with E-state index >= 15 is 0 Å². The minimum absolute atomic E-state index is 0.00758. The highest BCUT2D eigenvalue weighted by atomic mass is 32.2. The number of hydrogen-bond acceptors (Lipinski definition) is 5. The van der Waals surface area contributed by atoms with Gasteiger partial charge in [0.15, 0.2) is 0 Å². The fourth-order valence-electron chi connectivity index (χ4n) is 1.85. The third-order valence-corrected chi connectivity index (χ3v) is 4.68. The van der Waals surface area contributed by atoms with Crippen LogP contribution in [-0.4, -0.2) is 27.9 Å². The van der Waals surface area contributed by atoms with E-state index in [1.807, 2.05) is 25.3 Å². The Morgan fingerprint density at radius 2 is 2.32 bits per heavy atom. The lowest BCUT2D eigenvalue weighted by molar-refractivity contribution is -0.117. The van der Waals surface area contributed by atoms with Crippen molar-refractivity contribution in [2.24, 2.45) is 0 Å². The number of amides is 1. The lowest BCUT2D eigenvalue weighted by Crippen LogP contribution is -2.25. The van der Waals surface area contributed by atoms with E-state index in [2.05, 4.69) is 21.9 Å². The smallest absolute Gasteiger partial charge is 0.240 e. The zero-order chi connectivity index (χ0) is 15.9. The summed E-state index contributed by atoms with van der Waals surface area (Å²) in [6, 6.07) is 6.73. The molecule has 2 aromatic rings. The number of hydrogen-bond donors (Lipinski definition) is 0. The number of pyridine rings is 1. The van der Waals surface area contributed by atoms with Crippen molar-refractivity contribution in [1.82, 2.24) is 9.97 Å². The lowest BCUT2D eigenvalue weighted by atomic mass is 10.3. The van der Waals surface area contributed by atoms with Crippen LogP contribution in [-0.2, 0) is 4.79 Å². The van der Waals surface area contributed by atoms with E-state index in [4.69, 9.17) is 0 Å². The Morgan fingerprint density at radius 1 is 1.50 bits per heavy atom. The second-order valence-corrected chi connectivity index (χ2v) is 6.45. The Bertz CT molecular complexity index is 701. The minimum atomic E-state index is 0.00758. The molecular formula is C16H17N3OS2. The molecule has 0 saturated heterocycles. The Morgan fingerprint density at radius 3 is 2.95 bits per heavy atom. The molecule has 2 aromatic heterocycles. The molecule has 0 saturated carbocycles. The van der Waals surface area contributed by atoms with Crippen LogP contribution in [0, 0.1) is 18.9 Å². The number of aryl methyl sites for hydroxylation is 1. The highest BCUT2D eigenvalue weighted by Gasteiger charge is 2.20. The van der Waals surface area contributed by atoms with Crippen LogP contribution in [0.4, 0.5) is 5.00 Å². The summed E-state index contributed by atoms with van der Waals surface area (Å²) in [5.74, 6) is 3.61. The first-order chi connectivity index (χ1) is 10.7. The molecular weight excluding hydrogens is 314 g/mol. The van der Waals surface area contributed by atoms with E-state index in [-0.39, 0.29) is 5.91 Å². The zero-order valence-corrected chi connectivity index (χ0v) is 14.4. The summed E-state index contributed by atoms with van der Waals surface area (Å²) in [5.41, 5.74) is 1.76. The number of nitrogens with zero attached hydrogens (tertiary/aromatic N) is 3. The maximum absolute atomic E-state index is 12.4. The largest absolute Gasteiger partial charge is 0.273 e. The molecule has 0 atom stereocenters. The Hall–Kier alpha value is -1.84. The molecule has 0 radical (unpaired) electrons. The number of carbonyl (C=O) groups excluding carboxylic acids is 1. The van der Waals surface area contributed by atoms with Crippen molar-refractivity contribution in [2.75, 3.05) is 16.9 Å². The monoisotopic (exact) mass is 331 g/mol. The number of thioether (sulfide) groups is 1. The summed E-state index contributed by atoms with van der Waals surface area (Å²) in [5, 5.41) is 1.64. The van der Waals surface area contributed by atoms with Crippen LogP contribution in [0.3, 0.4) is 0 Å². The van der Waals surface area contributed by atoms with Gasteiger partial charge in [-0.25, -0.2) is 9.88 Å². The molecule has 0 aliphatic carbocycles. The van der Waals surface area contributed by atoms with Crippen molar-refractivity contribution in [3.63, 3.8) is 0 Å².